The third-order valence-electron chi connectivity index (χ3n) is 2.87. The zero-order valence-electron chi connectivity index (χ0n) is 13.0. The Morgan fingerprint density at radius 1 is 1.10 bits per heavy atom. The molecule has 0 aliphatic rings. The smallest absolute Gasteiger partial charge is 0.321 e. The molecule has 0 fully saturated rings. The Morgan fingerprint density at radius 3 is 1.95 bits per heavy atom. The highest BCUT2D eigenvalue weighted by Crippen LogP contribution is 2.22. The lowest BCUT2D eigenvalue weighted by Gasteiger charge is -2.22. The molecular weight excluding hydrogens is 271 g/mol. The largest absolute Gasteiger partial charge is 0.459 e. The summed E-state index contributed by atoms with van der Waals surface area (Å²) in [5.74, 6) is -0.717. The van der Waals surface area contributed by atoms with E-state index < -0.39 is 17.2 Å². The van der Waals surface area contributed by atoms with Gasteiger partial charge in [0.05, 0.1) is 0 Å². The molecule has 2 atom stereocenters. The fourth-order valence-electron chi connectivity index (χ4n) is 2.20. The molecule has 2 unspecified atom stereocenters. The molecule has 3 nitrogen and oxygen atoms in total. The van der Waals surface area contributed by atoms with Crippen LogP contribution in [0.15, 0.2) is 12.1 Å². The van der Waals surface area contributed by atoms with Crippen LogP contribution in [0.25, 0.3) is 0 Å². The van der Waals surface area contributed by atoms with E-state index >= 15 is 0 Å². The first kappa shape index (κ1) is 16.8. The molecule has 0 bridgehead atoms. The van der Waals surface area contributed by atoms with Crippen LogP contribution in [-0.2, 0) is 9.53 Å². The van der Waals surface area contributed by atoms with Crippen LogP contribution in [0.2, 0.25) is 0 Å². The molecule has 0 N–H and O–H groups in total. The van der Waals surface area contributed by atoms with Gasteiger partial charge in [-0.25, -0.2) is 0 Å². The summed E-state index contributed by atoms with van der Waals surface area (Å²) >= 11 is 0. The van der Waals surface area contributed by atoms with E-state index in [-0.39, 0.29) is 5.78 Å². The van der Waals surface area contributed by atoms with Crippen molar-refractivity contribution in [2.75, 3.05) is 0 Å². The van der Waals surface area contributed by atoms with Gasteiger partial charge in [-0.2, -0.15) is 0 Å². The van der Waals surface area contributed by atoms with E-state index in [1.54, 1.807) is 20.8 Å². The second kappa shape index (κ2) is 6.05. The number of hydrogen-bond donors (Lipinski definition) is 0. The number of ketones is 1. The fraction of sp³-hybridized carbons (Fsp3) is 0.500. The molecule has 0 saturated heterocycles. The van der Waals surface area contributed by atoms with Crippen molar-refractivity contribution in [1.29, 1.82) is 0 Å². The molecule has 0 saturated carbocycles. The number of carbonyl (C=O) groups is 2. The van der Waals surface area contributed by atoms with E-state index in [1.807, 2.05) is 32.9 Å². The van der Waals surface area contributed by atoms with E-state index in [1.165, 1.54) is 0 Å². The summed E-state index contributed by atoms with van der Waals surface area (Å²) in [4.78, 5) is 24.5. The SMILES string of the molecule is Cc1cc(C)c(C(=O)C(P)C(=O)OC(C)(C)C)c(C)c1. The molecule has 4 heteroatoms. The van der Waals surface area contributed by atoms with Crippen LogP contribution in [0.4, 0.5) is 0 Å². The van der Waals surface area contributed by atoms with Gasteiger partial charge in [0.2, 0.25) is 0 Å². The highest BCUT2D eigenvalue weighted by Gasteiger charge is 2.29. The van der Waals surface area contributed by atoms with E-state index in [4.69, 9.17) is 4.74 Å². The number of aryl methyl sites for hydroxylation is 3. The van der Waals surface area contributed by atoms with Crippen molar-refractivity contribution in [3.05, 3.63) is 34.4 Å². The van der Waals surface area contributed by atoms with Crippen molar-refractivity contribution in [1.82, 2.24) is 0 Å². The van der Waals surface area contributed by atoms with Crippen LogP contribution in [0.3, 0.4) is 0 Å². The summed E-state index contributed by atoms with van der Waals surface area (Å²) in [5.41, 5.74) is 2.04. The Bertz CT molecular complexity index is 518. The number of esters is 1. The van der Waals surface area contributed by atoms with Gasteiger partial charge < -0.3 is 4.74 Å². The molecule has 0 aromatic heterocycles. The molecule has 0 aliphatic carbocycles. The first-order valence-electron chi connectivity index (χ1n) is 6.63. The van der Waals surface area contributed by atoms with Crippen molar-refractivity contribution in [2.24, 2.45) is 0 Å². The first-order chi connectivity index (χ1) is 9.03. The van der Waals surface area contributed by atoms with E-state index in [9.17, 15) is 9.59 Å². The molecule has 0 aliphatic heterocycles. The lowest BCUT2D eigenvalue weighted by atomic mass is 9.95. The molecule has 0 radical (unpaired) electrons. The Hall–Kier alpha value is -1.21. The standard InChI is InChI=1S/C16H23O3P/c1-9-7-10(2)12(11(3)8-9)13(17)14(20)15(18)19-16(4,5)6/h7-8,14H,20H2,1-6H3. The van der Waals surface area contributed by atoms with Crippen LogP contribution in [-0.4, -0.2) is 23.0 Å². The van der Waals surface area contributed by atoms with Gasteiger partial charge in [0, 0.05) is 5.56 Å². The molecular formula is C16H23O3P. The van der Waals surface area contributed by atoms with Crippen molar-refractivity contribution in [3.63, 3.8) is 0 Å². The maximum atomic E-state index is 12.5. The van der Waals surface area contributed by atoms with E-state index in [0.29, 0.717) is 5.56 Å². The fourth-order valence-corrected chi connectivity index (χ4v) is 2.43. The summed E-state index contributed by atoms with van der Waals surface area (Å²) in [7, 11) is 2.30. The minimum atomic E-state index is -0.866. The molecule has 1 aromatic carbocycles. The summed E-state index contributed by atoms with van der Waals surface area (Å²) in [5, 5.41) is 0. The summed E-state index contributed by atoms with van der Waals surface area (Å²) in [6, 6.07) is 3.90. The number of hydrogen-bond acceptors (Lipinski definition) is 3. The van der Waals surface area contributed by atoms with Crippen LogP contribution in [0, 0.1) is 20.8 Å². The van der Waals surface area contributed by atoms with Gasteiger partial charge in [0.15, 0.2) is 5.78 Å². The highest BCUT2D eigenvalue weighted by molar-refractivity contribution is 7.21. The maximum Gasteiger partial charge on any atom is 0.321 e. The Balaban J connectivity index is 3.04. The Kier molecular flexibility index (Phi) is 5.10. The third kappa shape index (κ3) is 4.14. The van der Waals surface area contributed by atoms with Gasteiger partial charge in [0.25, 0.3) is 0 Å². The zero-order chi connectivity index (χ0) is 15.7. The Labute approximate surface area is 123 Å². The average Bonchev–Trinajstić information content (AvgIpc) is 2.23. The minimum absolute atomic E-state index is 0.209. The third-order valence-corrected chi connectivity index (χ3v) is 3.44. The normalized spacial score (nSPS) is 12.9. The van der Waals surface area contributed by atoms with Gasteiger partial charge in [-0.1, -0.05) is 17.7 Å². The predicted molar refractivity (Wildman–Crippen MR) is 84.3 cm³/mol. The molecule has 1 rings (SSSR count). The molecule has 20 heavy (non-hydrogen) atoms. The van der Waals surface area contributed by atoms with Gasteiger partial charge in [-0.05, 0) is 52.7 Å². The van der Waals surface area contributed by atoms with Gasteiger partial charge >= 0.3 is 5.97 Å². The van der Waals surface area contributed by atoms with Gasteiger partial charge in [-0.3, -0.25) is 9.59 Å². The second-order valence-electron chi connectivity index (χ2n) is 6.15. The Morgan fingerprint density at radius 2 is 1.55 bits per heavy atom. The van der Waals surface area contributed by atoms with Crippen molar-refractivity contribution >= 4 is 21.0 Å². The number of benzene rings is 1. The van der Waals surface area contributed by atoms with Crippen LogP contribution in [0.1, 0.15) is 47.8 Å². The van der Waals surface area contributed by atoms with E-state index in [2.05, 4.69) is 9.24 Å². The van der Waals surface area contributed by atoms with Gasteiger partial charge in [-0.15, -0.1) is 9.24 Å². The first-order valence-corrected chi connectivity index (χ1v) is 7.30. The topological polar surface area (TPSA) is 43.4 Å². The molecule has 110 valence electrons. The molecule has 0 heterocycles. The maximum absolute atomic E-state index is 12.5. The van der Waals surface area contributed by atoms with Crippen molar-refractivity contribution in [2.45, 2.75) is 52.8 Å². The number of ether oxygens (including phenoxy) is 1. The van der Waals surface area contributed by atoms with Crippen LogP contribution in [0.5, 0.6) is 0 Å². The second-order valence-corrected chi connectivity index (χ2v) is 6.82. The predicted octanol–water partition coefficient (Wildman–Crippen LogP) is 3.38. The highest BCUT2D eigenvalue weighted by atomic mass is 31.0. The summed E-state index contributed by atoms with van der Waals surface area (Å²) in [6.07, 6.45) is 0. The van der Waals surface area contributed by atoms with Crippen LogP contribution >= 0.6 is 9.24 Å². The summed E-state index contributed by atoms with van der Waals surface area (Å²) < 4.78 is 5.26. The molecule has 1 aromatic rings. The zero-order valence-corrected chi connectivity index (χ0v) is 14.2. The monoisotopic (exact) mass is 294 g/mol. The quantitative estimate of drug-likeness (QED) is 0.371. The molecule has 0 amide bonds. The summed E-state index contributed by atoms with van der Waals surface area (Å²) in [6.45, 7) is 11.1. The lowest BCUT2D eigenvalue weighted by molar-refractivity contribution is -0.153. The minimum Gasteiger partial charge on any atom is -0.459 e. The average molecular weight is 294 g/mol. The van der Waals surface area contributed by atoms with Crippen molar-refractivity contribution in [3.8, 4) is 0 Å². The van der Waals surface area contributed by atoms with Gasteiger partial charge in [0.1, 0.15) is 11.3 Å². The van der Waals surface area contributed by atoms with E-state index in [0.717, 1.165) is 16.7 Å². The molecule has 0 spiro atoms. The lowest BCUT2D eigenvalue weighted by Crippen LogP contribution is -2.33. The van der Waals surface area contributed by atoms with Crippen molar-refractivity contribution < 1.29 is 14.3 Å². The number of rotatable bonds is 3. The number of Topliss-reactive ketones (excluding diaryl/α,β-unsaturated/α-hetero) is 1. The number of carbonyl (C=O) groups excluding carboxylic acids is 2. The van der Waals surface area contributed by atoms with Crippen LogP contribution < -0.4 is 0 Å².